The zero-order valence-corrected chi connectivity index (χ0v) is 22.6. The van der Waals surface area contributed by atoms with E-state index in [0.717, 1.165) is 16.7 Å². The number of nitrogens with zero attached hydrogens (tertiary/aromatic N) is 1. The van der Waals surface area contributed by atoms with Crippen molar-refractivity contribution in [3.63, 3.8) is 0 Å². The maximum absolute atomic E-state index is 12.5. The molecule has 0 radical (unpaired) electrons. The number of para-hydroxylation sites is 1. The number of ether oxygens (including phenoxy) is 4. The lowest BCUT2D eigenvalue weighted by atomic mass is 9.83. The number of aryl methyl sites for hydroxylation is 2. The fraction of sp³-hybridized carbons (Fsp3) is 0.125. The van der Waals surface area contributed by atoms with E-state index in [2.05, 4.69) is 6.07 Å². The molecule has 0 saturated heterocycles. The van der Waals surface area contributed by atoms with E-state index >= 15 is 0 Å². The van der Waals surface area contributed by atoms with Crippen LogP contribution in [0.4, 0.5) is 0 Å². The zero-order valence-electron chi connectivity index (χ0n) is 21.8. The Labute approximate surface area is 236 Å². The number of rotatable bonds is 7. The third-order valence-corrected chi connectivity index (χ3v) is 6.96. The molecule has 4 aromatic carbocycles. The quantitative estimate of drug-likeness (QED) is 0.195. The number of hydrogen-bond acceptors (Lipinski definition) is 7. The van der Waals surface area contributed by atoms with Crippen molar-refractivity contribution in [1.82, 2.24) is 0 Å². The van der Waals surface area contributed by atoms with E-state index in [4.69, 9.17) is 36.3 Å². The topological polar surface area (TPSA) is 104 Å². The minimum Gasteiger partial charge on any atom is -0.482 e. The molecule has 2 N–H and O–H groups in total. The van der Waals surface area contributed by atoms with Gasteiger partial charge in [0, 0.05) is 16.7 Å². The Morgan fingerprint density at radius 2 is 1.65 bits per heavy atom. The zero-order chi connectivity index (χ0) is 28.2. The number of carbonyl (C=O) groups is 1. The van der Waals surface area contributed by atoms with Crippen LogP contribution in [0.1, 0.15) is 28.2 Å². The van der Waals surface area contributed by atoms with E-state index < -0.39 is 11.9 Å². The predicted octanol–water partition coefficient (Wildman–Crippen LogP) is 6.95. The second kappa shape index (κ2) is 11.4. The third kappa shape index (κ3) is 5.73. The Morgan fingerprint density at radius 1 is 0.925 bits per heavy atom. The van der Waals surface area contributed by atoms with Gasteiger partial charge in [-0.05, 0) is 73.0 Å². The van der Waals surface area contributed by atoms with Crippen LogP contribution >= 0.6 is 11.6 Å². The molecule has 1 unspecified atom stereocenters. The minimum atomic E-state index is -0.593. The van der Waals surface area contributed by atoms with Crippen molar-refractivity contribution < 1.29 is 23.7 Å². The fourth-order valence-electron chi connectivity index (χ4n) is 4.52. The predicted molar refractivity (Wildman–Crippen MR) is 151 cm³/mol. The maximum atomic E-state index is 12.5. The summed E-state index contributed by atoms with van der Waals surface area (Å²) in [6.07, 6.45) is 0. The molecule has 1 atom stereocenters. The molecule has 8 heteroatoms. The summed E-state index contributed by atoms with van der Waals surface area (Å²) >= 11 is 6.20. The van der Waals surface area contributed by atoms with Crippen LogP contribution in [-0.4, -0.2) is 12.6 Å². The van der Waals surface area contributed by atoms with Crippen LogP contribution in [0.3, 0.4) is 0 Å². The van der Waals surface area contributed by atoms with Crippen molar-refractivity contribution in [2.24, 2.45) is 5.73 Å². The number of benzene rings is 4. The van der Waals surface area contributed by atoms with Crippen molar-refractivity contribution >= 4 is 17.6 Å². The standard InChI is InChI=1S/C32H25ClN2O5/c1-19-13-25(14-20(2)31(19)33)37-18-29(36)39-24-11-12-26-28(16-24)40-32(35)27(17-34)30(26)21-7-6-10-23(15-21)38-22-8-4-3-5-9-22/h3-16,30H,18,35H2,1-2H3. The molecule has 1 aliphatic heterocycles. The summed E-state index contributed by atoms with van der Waals surface area (Å²) in [5.74, 6) is 1.35. The van der Waals surface area contributed by atoms with Crippen LogP contribution in [0, 0.1) is 25.2 Å². The fourth-order valence-corrected chi connectivity index (χ4v) is 4.63. The first kappa shape index (κ1) is 26.7. The molecular weight excluding hydrogens is 528 g/mol. The van der Waals surface area contributed by atoms with Gasteiger partial charge < -0.3 is 24.7 Å². The van der Waals surface area contributed by atoms with Gasteiger partial charge in [0.15, 0.2) is 6.61 Å². The average Bonchev–Trinajstić information content (AvgIpc) is 2.94. The summed E-state index contributed by atoms with van der Waals surface area (Å²) in [6, 6.07) is 27.5. The Bertz CT molecular complexity index is 1640. The van der Waals surface area contributed by atoms with Crippen LogP contribution in [0.2, 0.25) is 5.02 Å². The highest BCUT2D eigenvalue weighted by Gasteiger charge is 2.31. The van der Waals surface area contributed by atoms with Gasteiger partial charge in [-0.15, -0.1) is 0 Å². The van der Waals surface area contributed by atoms with E-state index in [1.54, 1.807) is 30.3 Å². The highest BCUT2D eigenvalue weighted by molar-refractivity contribution is 6.32. The molecule has 0 saturated carbocycles. The molecule has 40 heavy (non-hydrogen) atoms. The van der Waals surface area contributed by atoms with Gasteiger partial charge in [-0.2, -0.15) is 5.26 Å². The lowest BCUT2D eigenvalue weighted by Crippen LogP contribution is -2.21. The summed E-state index contributed by atoms with van der Waals surface area (Å²) in [7, 11) is 0. The Hall–Kier alpha value is -4.93. The molecular formula is C32H25ClN2O5. The molecule has 0 bridgehead atoms. The molecule has 5 rings (SSSR count). The SMILES string of the molecule is Cc1cc(OCC(=O)Oc2ccc3c(c2)OC(N)=C(C#N)C3c2cccc(Oc3ccccc3)c2)cc(C)c1Cl. The van der Waals surface area contributed by atoms with Gasteiger partial charge in [0.2, 0.25) is 5.88 Å². The summed E-state index contributed by atoms with van der Waals surface area (Å²) in [5.41, 5.74) is 9.63. The minimum absolute atomic E-state index is 0.0188. The average molecular weight is 553 g/mol. The summed E-state index contributed by atoms with van der Waals surface area (Å²) in [5, 5.41) is 10.6. The van der Waals surface area contributed by atoms with Crippen molar-refractivity contribution in [1.29, 1.82) is 5.26 Å². The molecule has 0 spiro atoms. The normalized spacial score (nSPS) is 14.0. The Kier molecular flexibility index (Phi) is 7.63. The van der Waals surface area contributed by atoms with Crippen LogP contribution < -0.4 is 24.7 Å². The molecule has 0 aliphatic carbocycles. The number of esters is 1. The third-order valence-electron chi connectivity index (χ3n) is 6.36. The number of halogens is 1. The molecule has 0 fully saturated rings. The van der Waals surface area contributed by atoms with Crippen LogP contribution in [0.5, 0.6) is 28.7 Å². The molecule has 0 amide bonds. The maximum Gasteiger partial charge on any atom is 0.349 e. The lowest BCUT2D eigenvalue weighted by molar-refractivity contribution is -0.136. The van der Waals surface area contributed by atoms with E-state index in [1.165, 1.54) is 0 Å². The lowest BCUT2D eigenvalue weighted by Gasteiger charge is -2.27. The molecule has 0 aromatic heterocycles. The van der Waals surface area contributed by atoms with Crippen LogP contribution in [-0.2, 0) is 4.79 Å². The van der Waals surface area contributed by atoms with Crippen molar-refractivity contribution in [2.75, 3.05) is 6.61 Å². The molecule has 200 valence electrons. The molecule has 1 heterocycles. The monoisotopic (exact) mass is 552 g/mol. The molecule has 1 aliphatic rings. The van der Waals surface area contributed by atoms with Gasteiger partial charge >= 0.3 is 5.97 Å². The summed E-state index contributed by atoms with van der Waals surface area (Å²) in [4.78, 5) is 12.5. The summed E-state index contributed by atoms with van der Waals surface area (Å²) in [6.45, 7) is 3.44. The van der Waals surface area contributed by atoms with Gasteiger partial charge in [0.1, 0.15) is 40.4 Å². The van der Waals surface area contributed by atoms with Gasteiger partial charge in [0.05, 0.1) is 5.92 Å². The summed E-state index contributed by atoms with van der Waals surface area (Å²) < 4.78 is 22.9. The highest BCUT2D eigenvalue weighted by atomic mass is 35.5. The molecule has 4 aromatic rings. The van der Waals surface area contributed by atoms with Crippen LogP contribution in [0.25, 0.3) is 0 Å². The number of nitriles is 1. The smallest absolute Gasteiger partial charge is 0.349 e. The van der Waals surface area contributed by atoms with E-state index in [-0.39, 0.29) is 23.8 Å². The largest absolute Gasteiger partial charge is 0.482 e. The van der Waals surface area contributed by atoms with E-state index in [9.17, 15) is 10.1 Å². The van der Waals surface area contributed by atoms with Gasteiger partial charge in [-0.25, -0.2) is 4.79 Å². The van der Waals surface area contributed by atoms with E-state index in [0.29, 0.717) is 33.6 Å². The van der Waals surface area contributed by atoms with Crippen molar-refractivity contribution in [3.8, 4) is 34.8 Å². The Balaban J connectivity index is 1.36. The first-order valence-electron chi connectivity index (χ1n) is 12.5. The van der Waals surface area contributed by atoms with Crippen molar-refractivity contribution in [2.45, 2.75) is 19.8 Å². The van der Waals surface area contributed by atoms with E-state index in [1.807, 2.05) is 68.4 Å². The first-order chi connectivity index (χ1) is 19.3. The van der Waals surface area contributed by atoms with Gasteiger partial charge in [-0.1, -0.05) is 48.0 Å². The van der Waals surface area contributed by atoms with Gasteiger partial charge in [-0.3, -0.25) is 0 Å². The van der Waals surface area contributed by atoms with Crippen molar-refractivity contribution in [3.05, 3.63) is 124 Å². The number of carbonyl (C=O) groups excluding carboxylic acids is 1. The second-order valence-corrected chi connectivity index (χ2v) is 9.62. The number of hydrogen-bond donors (Lipinski definition) is 1. The van der Waals surface area contributed by atoms with Crippen LogP contribution in [0.15, 0.2) is 96.4 Å². The number of fused-ring (bicyclic) bond motifs is 1. The Morgan fingerprint density at radius 3 is 2.38 bits per heavy atom. The number of nitrogens with two attached hydrogens (primary N) is 1. The second-order valence-electron chi connectivity index (χ2n) is 9.25. The van der Waals surface area contributed by atoms with Gasteiger partial charge in [0.25, 0.3) is 0 Å². The molecule has 7 nitrogen and oxygen atoms in total. The highest BCUT2D eigenvalue weighted by Crippen LogP contribution is 2.44. The first-order valence-corrected chi connectivity index (χ1v) is 12.8. The number of allylic oxidation sites excluding steroid dienone is 1.